The molecular formula is C11H16Si. The smallest absolute Gasteiger partial charge is 0.0656 e. The lowest BCUT2D eigenvalue weighted by Gasteiger charge is -2.24. The van der Waals surface area contributed by atoms with Crippen LogP contribution in [0.15, 0.2) is 18.2 Å². The first-order chi connectivity index (χ1) is 5.57. The Hall–Kier alpha value is -0.563. The minimum atomic E-state index is -1.05. The molecule has 0 amide bonds. The molecule has 64 valence electrons. The molecule has 0 aliphatic heterocycles. The van der Waals surface area contributed by atoms with E-state index in [1.165, 1.54) is 12.8 Å². The van der Waals surface area contributed by atoms with Crippen LogP contribution in [0.5, 0.6) is 0 Å². The van der Waals surface area contributed by atoms with Gasteiger partial charge in [0.1, 0.15) is 0 Å². The lowest BCUT2D eigenvalue weighted by atomic mass is 9.89. The Kier molecular flexibility index (Phi) is 1.65. The maximum absolute atomic E-state index is 2.44. The summed E-state index contributed by atoms with van der Waals surface area (Å²) in [5, 5.41) is 1.61. The third kappa shape index (κ3) is 1.22. The third-order valence-electron chi connectivity index (χ3n) is 2.74. The van der Waals surface area contributed by atoms with Crippen LogP contribution in [0.2, 0.25) is 19.6 Å². The van der Waals surface area contributed by atoms with E-state index in [1.54, 1.807) is 16.3 Å². The van der Waals surface area contributed by atoms with Crippen molar-refractivity contribution in [1.82, 2.24) is 0 Å². The van der Waals surface area contributed by atoms with E-state index in [2.05, 4.69) is 37.8 Å². The number of benzene rings is 1. The first-order valence-electron chi connectivity index (χ1n) is 4.70. The Labute approximate surface area is 75.6 Å². The van der Waals surface area contributed by atoms with Crippen molar-refractivity contribution in [2.24, 2.45) is 0 Å². The molecule has 0 N–H and O–H groups in total. The summed E-state index contributed by atoms with van der Waals surface area (Å²) in [6.45, 7) is 7.23. The summed E-state index contributed by atoms with van der Waals surface area (Å²) in [7, 11) is -1.05. The van der Waals surface area contributed by atoms with Gasteiger partial charge in [-0.1, -0.05) is 43.0 Å². The second kappa shape index (κ2) is 2.46. The summed E-state index contributed by atoms with van der Waals surface area (Å²) in [5.41, 5.74) is 3.19. The predicted octanol–water partition coefficient (Wildman–Crippen LogP) is 2.33. The number of hydrogen-bond acceptors (Lipinski definition) is 0. The lowest BCUT2D eigenvalue weighted by Crippen LogP contribution is -2.38. The van der Waals surface area contributed by atoms with Crippen molar-refractivity contribution in [3.63, 3.8) is 0 Å². The molecule has 1 aromatic carbocycles. The zero-order valence-electron chi connectivity index (χ0n) is 8.15. The van der Waals surface area contributed by atoms with Crippen molar-refractivity contribution in [1.29, 1.82) is 0 Å². The van der Waals surface area contributed by atoms with E-state index in [0.717, 1.165) is 0 Å². The molecule has 2 rings (SSSR count). The number of fused-ring (bicyclic) bond motifs is 1. The average Bonchev–Trinajstić information content (AvgIpc) is 1.89. The molecule has 0 saturated heterocycles. The fourth-order valence-corrected chi connectivity index (χ4v) is 2.85. The van der Waals surface area contributed by atoms with Gasteiger partial charge in [-0.2, -0.15) is 0 Å². The second-order valence-corrected chi connectivity index (χ2v) is 9.81. The van der Waals surface area contributed by atoms with Crippen LogP contribution in [0.4, 0.5) is 0 Å². The minimum absolute atomic E-state index is 1.05. The van der Waals surface area contributed by atoms with Crippen LogP contribution >= 0.6 is 0 Å². The van der Waals surface area contributed by atoms with Crippen molar-refractivity contribution in [3.05, 3.63) is 29.3 Å². The van der Waals surface area contributed by atoms with Crippen LogP contribution in [0.3, 0.4) is 0 Å². The molecule has 0 nitrogen and oxygen atoms in total. The van der Waals surface area contributed by atoms with E-state index >= 15 is 0 Å². The molecule has 0 aromatic heterocycles. The Balaban J connectivity index is 2.42. The van der Waals surface area contributed by atoms with E-state index in [-0.39, 0.29) is 0 Å². The average molecular weight is 176 g/mol. The zero-order valence-corrected chi connectivity index (χ0v) is 9.15. The normalized spacial score (nSPS) is 15.2. The van der Waals surface area contributed by atoms with Gasteiger partial charge in [-0.05, 0) is 24.0 Å². The van der Waals surface area contributed by atoms with E-state index in [9.17, 15) is 0 Å². The van der Waals surface area contributed by atoms with Gasteiger partial charge in [0.05, 0.1) is 8.07 Å². The molecule has 0 radical (unpaired) electrons. The fourth-order valence-electron chi connectivity index (χ4n) is 1.66. The predicted molar refractivity (Wildman–Crippen MR) is 56.8 cm³/mol. The molecule has 0 fully saturated rings. The molecule has 1 aliphatic carbocycles. The highest BCUT2D eigenvalue weighted by atomic mass is 28.3. The first-order valence-corrected chi connectivity index (χ1v) is 8.20. The van der Waals surface area contributed by atoms with Crippen LogP contribution in [-0.2, 0) is 12.8 Å². The van der Waals surface area contributed by atoms with Gasteiger partial charge in [0.15, 0.2) is 0 Å². The number of hydrogen-bond donors (Lipinski definition) is 0. The molecule has 0 saturated carbocycles. The van der Waals surface area contributed by atoms with E-state index < -0.39 is 8.07 Å². The number of aryl methyl sites for hydroxylation is 2. The molecule has 1 aromatic rings. The molecule has 0 spiro atoms. The highest BCUT2D eigenvalue weighted by Gasteiger charge is 2.20. The van der Waals surface area contributed by atoms with Crippen LogP contribution in [0, 0.1) is 0 Å². The summed E-state index contributed by atoms with van der Waals surface area (Å²) in [5.74, 6) is 0. The number of rotatable bonds is 1. The van der Waals surface area contributed by atoms with Crippen molar-refractivity contribution in [3.8, 4) is 0 Å². The zero-order chi connectivity index (χ0) is 8.77. The maximum Gasteiger partial charge on any atom is 0.0776 e. The Morgan fingerprint density at radius 2 is 1.67 bits per heavy atom. The van der Waals surface area contributed by atoms with Crippen LogP contribution in [0.1, 0.15) is 11.1 Å². The molecule has 0 atom stereocenters. The Morgan fingerprint density at radius 3 is 2.08 bits per heavy atom. The van der Waals surface area contributed by atoms with Crippen LogP contribution < -0.4 is 5.19 Å². The molecular weight excluding hydrogens is 160 g/mol. The van der Waals surface area contributed by atoms with E-state index in [4.69, 9.17) is 0 Å². The lowest BCUT2D eigenvalue weighted by molar-refractivity contribution is 0.841. The molecule has 12 heavy (non-hydrogen) atoms. The molecule has 0 unspecified atom stereocenters. The fraction of sp³-hybridized carbons (Fsp3) is 0.455. The van der Waals surface area contributed by atoms with Gasteiger partial charge in [-0.3, -0.25) is 0 Å². The van der Waals surface area contributed by atoms with Gasteiger partial charge in [0.2, 0.25) is 0 Å². The maximum atomic E-state index is 2.44. The molecule has 1 aliphatic rings. The summed E-state index contributed by atoms with van der Waals surface area (Å²) in [4.78, 5) is 0. The van der Waals surface area contributed by atoms with Crippen LogP contribution in [-0.4, -0.2) is 8.07 Å². The topological polar surface area (TPSA) is 0 Å². The Bertz CT molecular complexity index is 307. The van der Waals surface area contributed by atoms with Crippen molar-refractivity contribution in [2.75, 3.05) is 0 Å². The van der Waals surface area contributed by atoms with E-state index in [0.29, 0.717) is 0 Å². The molecule has 0 heterocycles. The summed E-state index contributed by atoms with van der Waals surface area (Å²) in [6.07, 6.45) is 2.62. The standard InChI is InChI=1S/C11H16Si/c1-12(2,3)11-7-6-9-4-5-10(9)8-11/h6-8H,4-5H2,1-3H3. The second-order valence-electron chi connectivity index (χ2n) is 4.73. The third-order valence-corrected chi connectivity index (χ3v) is 4.78. The highest BCUT2D eigenvalue weighted by molar-refractivity contribution is 6.88. The van der Waals surface area contributed by atoms with Gasteiger partial charge in [0, 0.05) is 0 Å². The van der Waals surface area contributed by atoms with Crippen molar-refractivity contribution < 1.29 is 0 Å². The van der Waals surface area contributed by atoms with Crippen molar-refractivity contribution >= 4 is 13.3 Å². The van der Waals surface area contributed by atoms with Gasteiger partial charge in [-0.15, -0.1) is 0 Å². The molecule has 0 bridgehead atoms. The summed E-state index contributed by atoms with van der Waals surface area (Å²) < 4.78 is 0. The van der Waals surface area contributed by atoms with Crippen molar-refractivity contribution in [2.45, 2.75) is 32.5 Å². The van der Waals surface area contributed by atoms with Crippen LogP contribution in [0.25, 0.3) is 0 Å². The minimum Gasteiger partial charge on any atom is -0.0656 e. The summed E-state index contributed by atoms with van der Waals surface area (Å²) >= 11 is 0. The largest absolute Gasteiger partial charge is 0.0776 e. The van der Waals surface area contributed by atoms with E-state index in [1.807, 2.05) is 0 Å². The SMILES string of the molecule is C[Si](C)(C)c1ccc2c(c1)CC2. The van der Waals surface area contributed by atoms with Gasteiger partial charge in [-0.25, -0.2) is 0 Å². The highest BCUT2D eigenvalue weighted by Crippen LogP contribution is 2.21. The summed E-state index contributed by atoms with van der Waals surface area (Å²) in [6, 6.07) is 7.10. The first kappa shape index (κ1) is 8.05. The monoisotopic (exact) mass is 176 g/mol. The van der Waals surface area contributed by atoms with Gasteiger partial charge < -0.3 is 0 Å². The van der Waals surface area contributed by atoms with Gasteiger partial charge in [0.25, 0.3) is 0 Å². The quantitative estimate of drug-likeness (QED) is 0.576. The molecule has 1 heteroatoms. The Morgan fingerprint density at radius 1 is 1.00 bits per heavy atom. The van der Waals surface area contributed by atoms with Gasteiger partial charge >= 0.3 is 0 Å².